The Bertz CT molecular complexity index is 333. The molecule has 0 fully saturated rings. The van der Waals surface area contributed by atoms with Crippen molar-refractivity contribution in [3.63, 3.8) is 0 Å². The fourth-order valence-corrected chi connectivity index (χ4v) is 2.34. The van der Waals surface area contributed by atoms with Gasteiger partial charge in [-0.2, -0.15) is 0 Å². The van der Waals surface area contributed by atoms with E-state index in [0.717, 1.165) is 6.42 Å². The fraction of sp³-hybridized carbons (Fsp3) is 0.600. The van der Waals surface area contributed by atoms with Crippen LogP contribution in [0.15, 0.2) is 24.3 Å². The van der Waals surface area contributed by atoms with Gasteiger partial charge in [0.1, 0.15) is 5.75 Å². The minimum Gasteiger partial charge on any atom is -0.508 e. The Morgan fingerprint density at radius 2 is 1.50 bits per heavy atom. The van der Waals surface area contributed by atoms with E-state index in [4.69, 9.17) is 0 Å². The number of rotatable bonds is 4. The van der Waals surface area contributed by atoms with Crippen LogP contribution in [0.3, 0.4) is 0 Å². The standard InChI is InChI=1S/C15H24O/c1-6-14(2,3)11-15(4,5)12-7-9-13(16)10-8-12/h7-10,16H,6,11H2,1-5H3. The Balaban J connectivity index is 2.89. The lowest BCUT2D eigenvalue weighted by molar-refractivity contribution is 0.248. The quantitative estimate of drug-likeness (QED) is 0.792. The minimum absolute atomic E-state index is 0.160. The van der Waals surface area contributed by atoms with Crippen molar-refractivity contribution in [2.45, 2.75) is 52.9 Å². The van der Waals surface area contributed by atoms with Gasteiger partial charge in [-0.25, -0.2) is 0 Å². The molecule has 0 amide bonds. The normalized spacial score (nSPS) is 12.8. The summed E-state index contributed by atoms with van der Waals surface area (Å²) in [5, 5.41) is 9.30. The van der Waals surface area contributed by atoms with Gasteiger partial charge >= 0.3 is 0 Å². The molecule has 0 aliphatic carbocycles. The zero-order valence-corrected chi connectivity index (χ0v) is 11.2. The monoisotopic (exact) mass is 220 g/mol. The van der Waals surface area contributed by atoms with Gasteiger partial charge in [0.15, 0.2) is 0 Å². The molecule has 0 aliphatic rings. The number of hydrogen-bond acceptors (Lipinski definition) is 1. The van der Waals surface area contributed by atoms with Crippen LogP contribution < -0.4 is 0 Å². The average molecular weight is 220 g/mol. The number of aromatic hydroxyl groups is 1. The molecule has 0 unspecified atom stereocenters. The van der Waals surface area contributed by atoms with Crippen LogP contribution in [-0.4, -0.2) is 5.11 Å². The molecule has 1 aromatic carbocycles. The van der Waals surface area contributed by atoms with Gasteiger partial charge in [-0.1, -0.05) is 53.2 Å². The van der Waals surface area contributed by atoms with Crippen LogP contribution in [0.2, 0.25) is 0 Å². The Hall–Kier alpha value is -0.980. The summed E-state index contributed by atoms with van der Waals surface area (Å²) in [4.78, 5) is 0. The maximum Gasteiger partial charge on any atom is 0.115 e. The van der Waals surface area contributed by atoms with Gasteiger partial charge in [0.05, 0.1) is 0 Å². The second-order valence-corrected chi connectivity index (χ2v) is 6.13. The van der Waals surface area contributed by atoms with Gasteiger partial charge in [-0.3, -0.25) is 0 Å². The van der Waals surface area contributed by atoms with Crippen molar-refractivity contribution < 1.29 is 5.11 Å². The van der Waals surface area contributed by atoms with E-state index < -0.39 is 0 Å². The molecule has 1 heteroatoms. The van der Waals surface area contributed by atoms with Crippen LogP contribution >= 0.6 is 0 Å². The zero-order chi connectivity index (χ0) is 12.4. The van der Waals surface area contributed by atoms with Gasteiger partial charge in [-0.05, 0) is 34.9 Å². The van der Waals surface area contributed by atoms with Gasteiger partial charge < -0.3 is 5.11 Å². The van der Waals surface area contributed by atoms with Crippen molar-refractivity contribution in [2.24, 2.45) is 5.41 Å². The molecule has 0 radical (unpaired) electrons. The summed E-state index contributed by atoms with van der Waals surface area (Å²) < 4.78 is 0. The first-order valence-electron chi connectivity index (χ1n) is 6.06. The molecule has 0 saturated carbocycles. The maximum absolute atomic E-state index is 9.30. The largest absolute Gasteiger partial charge is 0.508 e. The third kappa shape index (κ3) is 3.26. The van der Waals surface area contributed by atoms with Gasteiger partial charge in [0, 0.05) is 0 Å². The van der Waals surface area contributed by atoms with Crippen LogP contribution in [0.5, 0.6) is 5.75 Å². The summed E-state index contributed by atoms with van der Waals surface area (Å²) in [5.41, 5.74) is 1.82. The molecule has 1 rings (SSSR count). The highest BCUT2D eigenvalue weighted by molar-refractivity contribution is 5.30. The highest BCUT2D eigenvalue weighted by Crippen LogP contribution is 2.38. The van der Waals surface area contributed by atoms with Crippen LogP contribution in [0, 0.1) is 5.41 Å². The zero-order valence-electron chi connectivity index (χ0n) is 11.2. The minimum atomic E-state index is 0.160. The van der Waals surface area contributed by atoms with E-state index in [1.165, 1.54) is 12.0 Å². The van der Waals surface area contributed by atoms with E-state index in [1.807, 2.05) is 12.1 Å². The van der Waals surface area contributed by atoms with Gasteiger partial charge in [0.25, 0.3) is 0 Å². The molecule has 1 N–H and O–H groups in total. The van der Waals surface area contributed by atoms with Crippen LogP contribution in [0.1, 0.15) is 53.0 Å². The molecular formula is C15H24O. The van der Waals surface area contributed by atoms with E-state index in [-0.39, 0.29) is 5.41 Å². The predicted octanol–water partition coefficient (Wildman–Crippen LogP) is 4.50. The summed E-state index contributed by atoms with van der Waals surface area (Å²) >= 11 is 0. The molecule has 1 nitrogen and oxygen atoms in total. The summed E-state index contributed by atoms with van der Waals surface area (Å²) in [6.07, 6.45) is 2.34. The first-order valence-corrected chi connectivity index (χ1v) is 6.06. The van der Waals surface area contributed by atoms with E-state index in [0.29, 0.717) is 11.2 Å². The Morgan fingerprint density at radius 3 is 1.94 bits per heavy atom. The Morgan fingerprint density at radius 1 is 1.00 bits per heavy atom. The maximum atomic E-state index is 9.30. The molecule has 0 aromatic heterocycles. The third-order valence-electron chi connectivity index (χ3n) is 3.53. The SMILES string of the molecule is CCC(C)(C)CC(C)(C)c1ccc(O)cc1. The van der Waals surface area contributed by atoms with Crippen molar-refractivity contribution in [1.82, 2.24) is 0 Å². The second-order valence-electron chi connectivity index (χ2n) is 6.13. The fourth-order valence-electron chi connectivity index (χ4n) is 2.34. The highest BCUT2D eigenvalue weighted by Gasteiger charge is 2.28. The van der Waals surface area contributed by atoms with E-state index in [9.17, 15) is 5.11 Å². The molecule has 1 aromatic rings. The van der Waals surface area contributed by atoms with Crippen molar-refractivity contribution in [3.8, 4) is 5.75 Å². The van der Waals surface area contributed by atoms with Crippen molar-refractivity contribution >= 4 is 0 Å². The van der Waals surface area contributed by atoms with Crippen LogP contribution in [0.25, 0.3) is 0 Å². The smallest absolute Gasteiger partial charge is 0.115 e. The van der Waals surface area contributed by atoms with Crippen LogP contribution in [0.4, 0.5) is 0 Å². The summed E-state index contributed by atoms with van der Waals surface area (Å²) in [5.74, 6) is 0.342. The Kier molecular flexibility index (Phi) is 3.67. The van der Waals surface area contributed by atoms with Crippen LogP contribution in [-0.2, 0) is 5.41 Å². The molecule has 0 spiro atoms. The summed E-state index contributed by atoms with van der Waals surface area (Å²) in [6, 6.07) is 7.61. The number of benzene rings is 1. The molecule has 0 saturated heterocycles. The lowest BCUT2D eigenvalue weighted by atomic mass is 9.70. The van der Waals surface area contributed by atoms with Gasteiger partial charge in [-0.15, -0.1) is 0 Å². The van der Waals surface area contributed by atoms with Gasteiger partial charge in [0.2, 0.25) is 0 Å². The first kappa shape index (κ1) is 13.1. The van der Waals surface area contributed by atoms with Crippen molar-refractivity contribution in [3.05, 3.63) is 29.8 Å². The molecule has 0 heterocycles. The molecule has 0 atom stereocenters. The molecular weight excluding hydrogens is 196 g/mol. The molecule has 16 heavy (non-hydrogen) atoms. The first-order chi connectivity index (χ1) is 7.27. The predicted molar refractivity (Wildman–Crippen MR) is 69.8 cm³/mol. The average Bonchev–Trinajstić information content (AvgIpc) is 2.17. The number of phenols is 1. The second kappa shape index (κ2) is 4.48. The highest BCUT2D eigenvalue weighted by atomic mass is 16.3. The summed E-state index contributed by atoms with van der Waals surface area (Å²) in [6.45, 7) is 11.4. The Labute approximate surface area is 99.5 Å². The lowest BCUT2D eigenvalue weighted by Crippen LogP contribution is -2.26. The third-order valence-corrected chi connectivity index (χ3v) is 3.53. The molecule has 90 valence electrons. The molecule has 0 aliphatic heterocycles. The number of phenolic OH excluding ortho intramolecular Hbond substituents is 1. The lowest BCUT2D eigenvalue weighted by Gasteiger charge is -2.34. The van der Waals surface area contributed by atoms with E-state index in [2.05, 4.69) is 34.6 Å². The summed E-state index contributed by atoms with van der Waals surface area (Å²) in [7, 11) is 0. The number of hydrogen-bond donors (Lipinski definition) is 1. The van der Waals surface area contributed by atoms with E-state index in [1.54, 1.807) is 12.1 Å². The molecule has 0 bridgehead atoms. The van der Waals surface area contributed by atoms with Crippen molar-refractivity contribution in [2.75, 3.05) is 0 Å². The van der Waals surface area contributed by atoms with E-state index >= 15 is 0 Å². The topological polar surface area (TPSA) is 20.2 Å². The van der Waals surface area contributed by atoms with Crippen molar-refractivity contribution in [1.29, 1.82) is 0 Å².